The molecule has 3 saturated carbocycles. The third-order valence-electron chi connectivity index (χ3n) is 13.5. The maximum absolute atomic E-state index is 14.7. The van der Waals surface area contributed by atoms with Crippen molar-refractivity contribution in [3.63, 3.8) is 0 Å². The van der Waals surface area contributed by atoms with Crippen molar-refractivity contribution in [3.05, 3.63) is 35.2 Å². The van der Waals surface area contributed by atoms with Crippen molar-refractivity contribution in [3.8, 4) is 6.07 Å². The standard InChI is InChI=1S/C34H46N4O2/c1-20-9-12-34(19-38-18-21(2)36-37-38)14-13-33(8)28(27(34)22(20)3)24(39)15-26-31(6)16-23(17-35)29(40)30(4,5)25(31)10-11-32(26,33)7/h15-16,18,20,22,25,27-28H,9-14,19H2,1-8H3/t20-,22+,25+,27+,28-,31+,32-,33-,34-/m1/s1. The van der Waals surface area contributed by atoms with E-state index in [0.717, 1.165) is 44.3 Å². The van der Waals surface area contributed by atoms with E-state index in [4.69, 9.17) is 0 Å². The molecule has 5 aliphatic carbocycles. The molecule has 40 heavy (non-hydrogen) atoms. The molecule has 214 valence electrons. The fourth-order valence-corrected chi connectivity index (χ4v) is 11.1. The third kappa shape index (κ3) is 3.33. The summed E-state index contributed by atoms with van der Waals surface area (Å²) in [6.45, 7) is 18.6. The molecule has 0 spiro atoms. The minimum absolute atomic E-state index is 0.0296. The van der Waals surface area contributed by atoms with Crippen molar-refractivity contribution in [2.24, 2.45) is 56.7 Å². The van der Waals surface area contributed by atoms with Gasteiger partial charge in [0.05, 0.1) is 11.3 Å². The molecular weight excluding hydrogens is 496 g/mol. The Balaban J connectivity index is 1.51. The average molecular weight is 543 g/mol. The van der Waals surface area contributed by atoms with E-state index in [1.54, 1.807) is 0 Å². The molecule has 9 atom stereocenters. The molecule has 1 heterocycles. The second-order valence-corrected chi connectivity index (χ2v) is 15.6. The lowest BCUT2D eigenvalue weighted by molar-refractivity contribution is -0.180. The second kappa shape index (κ2) is 8.49. The Morgan fingerprint density at radius 2 is 1.77 bits per heavy atom. The van der Waals surface area contributed by atoms with Gasteiger partial charge in [-0.1, -0.05) is 65.3 Å². The zero-order valence-electron chi connectivity index (χ0n) is 25.7. The molecule has 0 unspecified atom stereocenters. The highest BCUT2D eigenvalue weighted by Gasteiger charge is 2.70. The molecule has 1 aromatic rings. The molecule has 6 heteroatoms. The van der Waals surface area contributed by atoms with Gasteiger partial charge in [0.25, 0.3) is 0 Å². The van der Waals surface area contributed by atoms with Gasteiger partial charge >= 0.3 is 0 Å². The van der Waals surface area contributed by atoms with E-state index in [1.165, 1.54) is 12.0 Å². The van der Waals surface area contributed by atoms with Gasteiger partial charge in [0.15, 0.2) is 11.6 Å². The Morgan fingerprint density at radius 1 is 1.05 bits per heavy atom. The van der Waals surface area contributed by atoms with Crippen LogP contribution in [0.3, 0.4) is 0 Å². The first-order chi connectivity index (χ1) is 18.6. The molecule has 0 aromatic carbocycles. The second-order valence-electron chi connectivity index (χ2n) is 15.6. The van der Waals surface area contributed by atoms with E-state index in [-0.39, 0.29) is 51.1 Å². The fourth-order valence-electron chi connectivity index (χ4n) is 11.1. The predicted molar refractivity (Wildman–Crippen MR) is 154 cm³/mol. The normalized spacial score (nSPS) is 45.7. The number of hydrogen-bond donors (Lipinski definition) is 0. The maximum atomic E-state index is 14.7. The number of carbonyl (C=O) groups is 2. The van der Waals surface area contributed by atoms with Crippen LogP contribution in [0, 0.1) is 74.9 Å². The Hall–Kier alpha value is -2.55. The number of fused-ring (bicyclic) bond motifs is 7. The lowest BCUT2D eigenvalue weighted by Crippen LogP contribution is -2.66. The summed E-state index contributed by atoms with van der Waals surface area (Å²) in [6, 6.07) is 2.22. The van der Waals surface area contributed by atoms with Crippen molar-refractivity contribution < 1.29 is 9.59 Å². The number of hydrogen-bond acceptors (Lipinski definition) is 5. The van der Waals surface area contributed by atoms with Crippen molar-refractivity contribution >= 4 is 11.6 Å². The van der Waals surface area contributed by atoms with Crippen molar-refractivity contribution in [2.45, 2.75) is 100 Å². The van der Waals surface area contributed by atoms with Crippen LogP contribution in [-0.2, 0) is 16.1 Å². The molecule has 1 aromatic heterocycles. The third-order valence-corrected chi connectivity index (χ3v) is 13.5. The number of allylic oxidation sites excluding steroid dienone is 4. The number of carbonyl (C=O) groups excluding carboxylic acids is 2. The largest absolute Gasteiger partial charge is 0.295 e. The Morgan fingerprint density at radius 3 is 2.42 bits per heavy atom. The van der Waals surface area contributed by atoms with E-state index >= 15 is 0 Å². The van der Waals surface area contributed by atoms with Gasteiger partial charge in [0.2, 0.25) is 0 Å². The number of aryl methyl sites for hydroxylation is 1. The summed E-state index contributed by atoms with van der Waals surface area (Å²) >= 11 is 0. The number of ketones is 2. The topological polar surface area (TPSA) is 88.6 Å². The first-order valence-corrected chi connectivity index (χ1v) is 15.5. The number of nitrogens with zero attached hydrogens (tertiary/aromatic N) is 4. The van der Waals surface area contributed by atoms with Gasteiger partial charge in [-0.25, -0.2) is 0 Å². The molecule has 6 rings (SSSR count). The summed E-state index contributed by atoms with van der Waals surface area (Å²) in [5.74, 6) is 1.53. The van der Waals surface area contributed by atoms with Gasteiger partial charge in [-0.3, -0.25) is 14.3 Å². The van der Waals surface area contributed by atoms with E-state index in [1.807, 2.05) is 37.6 Å². The lowest BCUT2D eigenvalue weighted by atomic mass is 9.34. The van der Waals surface area contributed by atoms with Crippen LogP contribution in [0.15, 0.2) is 29.5 Å². The lowest BCUT2D eigenvalue weighted by Gasteiger charge is -2.69. The number of nitriles is 1. The minimum Gasteiger partial charge on any atom is -0.295 e. The first-order valence-electron chi connectivity index (χ1n) is 15.5. The first kappa shape index (κ1) is 27.6. The molecule has 0 bridgehead atoms. The molecular formula is C34H46N4O2. The molecule has 0 amide bonds. The van der Waals surface area contributed by atoms with E-state index in [0.29, 0.717) is 11.8 Å². The van der Waals surface area contributed by atoms with E-state index in [9.17, 15) is 14.9 Å². The van der Waals surface area contributed by atoms with Crippen LogP contribution in [0.5, 0.6) is 0 Å². The van der Waals surface area contributed by atoms with E-state index < -0.39 is 10.8 Å². The smallest absolute Gasteiger partial charge is 0.178 e. The van der Waals surface area contributed by atoms with Crippen LogP contribution < -0.4 is 0 Å². The van der Waals surface area contributed by atoms with E-state index in [2.05, 4.69) is 57.2 Å². The van der Waals surface area contributed by atoms with Crippen molar-refractivity contribution in [1.82, 2.24) is 15.0 Å². The Bertz CT molecular complexity index is 1390. The van der Waals surface area contributed by atoms with Gasteiger partial charge in [0, 0.05) is 29.5 Å². The Kier molecular flexibility index (Phi) is 5.86. The summed E-state index contributed by atoms with van der Waals surface area (Å²) in [5.41, 5.74) is 0.899. The van der Waals surface area contributed by atoms with Gasteiger partial charge < -0.3 is 0 Å². The quantitative estimate of drug-likeness (QED) is 0.417. The zero-order valence-corrected chi connectivity index (χ0v) is 25.7. The van der Waals surface area contributed by atoms with Gasteiger partial charge in [0.1, 0.15) is 6.07 Å². The zero-order chi connectivity index (χ0) is 29.0. The number of Topliss-reactive ketones (excluding diaryl/α,β-unsaturated/α-hetero) is 1. The number of rotatable bonds is 2. The molecule has 6 nitrogen and oxygen atoms in total. The van der Waals surface area contributed by atoms with Crippen LogP contribution in [0.1, 0.15) is 92.7 Å². The molecule has 0 aliphatic heterocycles. The minimum atomic E-state index is -0.636. The Labute approximate surface area is 239 Å². The predicted octanol–water partition coefficient (Wildman–Crippen LogP) is 6.66. The highest BCUT2D eigenvalue weighted by Crippen LogP contribution is 2.74. The average Bonchev–Trinajstić information content (AvgIpc) is 3.30. The summed E-state index contributed by atoms with van der Waals surface area (Å²) < 4.78 is 2.03. The van der Waals surface area contributed by atoms with Crippen LogP contribution in [0.25, 0.3) is 0 Å². The van der Waals surface area contributed by atoms with Gasteiger partial charge in [-0.05, 0) is 91.4 Å². The molecule has 0 N–H and O–H groups in total. The van der Waals surface area contributed by atoms with Gasteiger partial charge in [-0.15, -0.1) is 5.10 Å². The summed E-state index contributed by atoms with van der Waals surface area (Å²) in [7, 11) is 0. The monoisotopic (exact) mass is 542 g/mol. The molecule has 0 saturated heterocycles. The van der Waals surface area contributed by atoms with Crippen molar-refractivity contribution in [1.29, 1.82) is 5.26 Å². The maximum Gasteiger partial charge on any atom is 0.178 e. The van der Waals surface area contributed by atoms with Crippen LogP contribution in [0.2, 0.25) is 0 Å². The van der Waals surface area contributed by atoms with Crippen LogP contribution >= 0.6 is 0 Å². The molecule has 0 radical (unpaired) electrons. The fraction of sp³-hybridized carbons (Fsp3) is 0.735. The highest BCUT2D eigenvalue weighted by molar-refractivity contribution is 6.04. The molecule has 3 fully saturated rings. The van der Waals surface area contributed by atoms with Crippen LogP contribution in [-0.4, -0.2) is 26.6 Å². The highest BCUT2D eigenvalue weighted by atomic mass is 16.1. The summed E-state index contributed by atoms with van der Waals surface area (Å²) in [5, 5.41) is 18.7. The van der Waals surface area contributed by atoms with Gasteiger partial charge in [-0.2, -0.15) is 5.26 Å². The SMILES string of the molecule is Cc1cn(C[C@]23CC[C@@H](C)[C@H](C)[C@H]2[C@H]2C(=O)C=C4[C@@]5(C)C=C(C#N)C(=O)C(C)(C)[C@@H]5CC[C@@]4(C)[C@]2(C)CC3)nn1. The molecule has 5 aliphatic rings. The van der Waals surface area contributed by atoms with Crippen molar-refractivity contribution in [2.75, 3.05) is 0 Å². The number of aromatic nitrogens is 3. The summed E-state index contributed by atoms with van der Waals surface area (Å²) in [6.07, 6.45) is 12.3. The van der Waals surface area contributed by atoms with Crippen LogP contribution in [0.4, 0.5) is 0 Å². The summed E-state index contributed by atoms with van der Waals surface area (Å²) in [4.78, 5) is 28.0.